The number of carbonyl (C=O) groups is 1. The van der Waals surface area contributed by atoms with Crippen molar-refractivity contribution in [1.82, 2.24) is 0 Å². The number of anilines is 1. The highest BCUT2D eigenvalue weighted by molar-refractivity contribution is 5.74. The highest BCUT2D eigenvalue weighted by atomic mass is 16.6. The molecule has 2 aromatic carbocycles. The maximum Gasteiger partial charge on any atom is 0.305 e. The van der Waals surface area contributed by atoms with Crippen LogP contribution in [0.4, 0.5) is 11.4 Å². The number of nitrogens with zero attached hydrogens (tertiary/aromatic N) is 2. The zero-order valence-electron chi connectivity index (χ0n) is 21.7. The molecule has 2 aliphatic rings. The topological polar surface area (TPSA) is 81.9 Å². The third-order valence-electron chi connectivity index (χ3n) is 7.43. The monoisotopic (exact) mass is 492 g/mol. The molecule has 1 atom stereocenters. The molecule has 2 heterocycles. The summed E-state index contributed by atoms with van der Waals surface area (Å²) >= 11 is 0. The lowest BCUT2D eigenvalue weighted by Crippen LogP contribution is -2.60. The molecule has 0 aliphatic carbocycles. The zero-order valence-corrected chi connectivity index (χ0v) is 21.7. The number of hydrogen-bond acceptors (Lipinski definition) is 6. The Balaban J connectivity index is 1.56. The van der Waals surface area contributed by atoms with Crippen LogP contribution in [0.3, 0.4) is 0 Å². The predicted octanol–water partition coefficient (Wildman–Crippen LogP) is 6.71. The Morgan fingerprint density at radius 2 is 1.89 bits per heavy atom. The predicted molar refractivity (Wildman–Crippen MR) is 141 cm³/mol. The SMILES string of the molecule is CCCCCCCC(=O)OCCN1c2ccc(C)cc2C(C)(C)C12C=Cc1cc([N+](=O)[O-])ccc1O2. The normalized spacial score (nSPS) is 19.1. The number of carbonyl (C=O) groups excluding carboxylic acids is 1. The van der Waals surface area contributed by atoms with Crippen molar-refractivity contribution >= 4 is 23.4 Å². The van der Waals surface area contributed by atoms with Crippen molar-refractivity contribution in [2.75, 3.05) is 18.1 Å². The Morgan fingerprint density at radius 1 is 1.11 bits per heavy atom. The van der Waals surface area contributed by atoms with E-state index in [9.17, 15) is 14.9 Å². The molecule has 7 heteroatoms. The van der Waals surface area contributed by atoms with Gasteiger partial charge in [-0.05, 0) is 57.0 Å². The summed E-state index contributed by atoms with van der Waals surface area (Å²) in [7, 11) is 0. The number of esters is 1. The van der Waals surface area contributed by atoms with E-state index in [0.29, 0.717) is 24.3 Å². The van der Waals surface area contributed by atoms with Gasteiger partial charge in [0.2, 0.25) is 5.72 Å². The van der Waals surface area contributed by atoms with Crippen LogP contribution in [0, 0.1) is 17.0 Å². The van der Waals surface area contributed by atoms with Crippen LogP contribution >= 0.6 is 0 Å². The van der Waals surface area contributed by atoms with Gasteiger partial charge >= 0.3 is 5.97 Å². The molecule has 1 unspecified atom stereocenters. The molecule has 192 valence electrons. The van der Waals surface area contributed by atoms with Crippen LogP contribution in [0.5, 0.6) is 5.75 Å². The van der Waals surface area contributed by atoms with Crippen LogP contribution in [0.2, 0.25) is 0 Å². The Kier molecular flexibility index (Phi) is 7.38. The van der Waals surface area contributed by atoms with Gasteiger partial charge in [-0.25, -0.2) is 0 Å². The quantitative estimate of drug-likeness (QED) is 0.159. The van der Waals surface area contributed by atoms with Crippen molar-refractivity contribution in [3.8, 4) is 5.75 Å². The van der Waals surface area contributed by atoms with Crippen LogP contribution in [-0.2, 0) is 14.9 Å². The van der Waals surface area contributed by atoms with Gasteiger partial charge in [-0.1, -0.05) is 50.3 Å². The summed E-state index contributed by atoms with van der Waals surface area (Å²) in [6.07, 6.45) is 9.78. The van der Waals surface area contributed by atoms with Gasteiger partial charge in [-0.3, -0.25) is 14.9 Å². The van der Waals surface area contributed by atoms with E-state index in [2.05, 4.69) is 50.8 Å². The first-order valence-corrected chi connectivity index (χ1v) is 12.9. The second-order valence-corrected chi connectivity index (χ2v) is 10.3. The van der Waals surface area contributed by atoms with Crippen molar-refractivity contribution < 1.29 is 19.2 Å². The van der Waals surface area contributed by atoms with E-state index in [-0.39, 0.29) is 18.3 Å². The number of non-ortho nitro benzene ring substituents is 1. The van der Waals surface area contributed by atoms with Gasteiger partial charge in [-0.15, -0.1) is 0 Å². The molecule has 0 radical (unpaired) electrons. The van der Waals surface area contributed by atoms with Gasteiger partial charge in [0.1, 0.15) is 12.4 Å². The molecule has 36 heavy (non-hydrogen) atoms. The van der Waals surface area contributed by atoms with E-state index in [1.54, 1.807) is 6.07 Å². The van der Waals surface area contributed by atoms with Crippen LogP contribution in [0.1, 0.15) is 76.0 Å². The number of unbranched alkanes of at least 4 members (excludes halogenated alkanes) is 4. The molecule has 0 aromatic heterocycles. The molecule has 0 bridgehead atoms. The lowest BCUT2D eigenvalue weighted by Gasteiger charge is -2.47. The summed E-state index contributed by atoms with van der Waals surface area (Å²) in [5, 5.41) is 11.2. The minimum Gasteiger partial charge on any atom is -0.464 e. The minimum absolute atomic E-state index is 0.0287. The summed E-state index contributed by atoms with van der Waals surface area (Å²) in [4.78, 5) is 25.4. The first-order valence-electron chi connectivity index (χ1n) is 12.9. The standard InChI is InChI=1S/C29H36N2O5/c1-5-6-7-8-9-10-27(32)35-18-17-30-25-13-11-21(2)19-24(25)28(3,4)29(30)16-15-22-20-23(31(33)34)12-14-26(22)36-29/h11-16,19-20H,5-10,17-18H2,1-4H3. The second kappa shape index (κ2) is 10.3. The molecule has 7 nitrogen and oxygen atoms in total. The summed E-state index contributed by atoms with van der Waals surface area (Å²) in [6, 6.07) is 11.0. The van der Waals surface area contributed by atoms with Crippen molar-refractivity contribution in [1.29, 1.82) is 0 Å². The van der Waals surface area contributed by atoms with E-state index in [1.165, 1.54) is 25.0 Å². The molecular formula is C29H36N2O5. The maximum atomic E-state index is 12.3. The van der Waals surface area contributed by atoms with Gasteiger partial charge < -0.3 is 14.4 Å². The summed E-state index contributed by atoms with van der Waals surface area (Å²) in [5.41, 5.74) is 2.75. The number of aryl methyl sites for hydroxylation is 1. The fourth-order valence-electron chi connectivity index (χ4n) is 5.34. The fraction of sp³-hybridized carbons (Fsp3) is 0.483. The van der Waals surface area contributed by atoms with E-state index in [0.717, 1.165) is 36.1 Å². The Bertz CT molecular complexity index is 1170. The molecule has 0 N–H and O–H groups in total. The molecule has 1 spiro atoms. The van der Waals surface area contributed by atoms with E-state index < -0.39 is 16.1 Å². The number of benzene rings is 2. The third-order valence-corrected chi connectivity index (χ3v) is 7.43. The van der Waals surface area contributed by atoms with Crippen molar-refractivity contribution in [2.24, 2.45) is 0 Å². The molecule has 0 fully saturated rings. The summed E-state index contributed by atoms with van der Waals surface area (Å²) in [6.45, 7) is 9.26. The highest BCUT2D eigenvalue weighted by Crippen LogP contribution is 2.55. The number of nitro benzene ring substituents is 1. The molecule has 2 aromatic rings. The van der Waals surface area contributed by atoms with E-state index in [1.807, 2.05) is 12.2 Å². The zero-order chi connectivity index (χ0) is 25.9. The van der Waals surface area contributed by atoms with Crippen molar-refractivity contribution in [2.45, 2.75) is 77.4 Å². The number of fused-ring (bicyclic) bond motifs is 2. The Hall–Kier alpha value is -3.35. The summed E-state index contributed by atoms with van der Waals surface area (Å²) < 4.78 is 12.3. The third kappa shape index (κ3) is 4.71. The number of ether oxygens (including phenoxy) is 2. The van der Waals surface area contributed by atoms with Crippen molar-refractivity contribution in [3.05, 3.63) is 69.3 Å². The van der Waals surface area contributed by atoms with Crippen LogP contribution in [-0.4, -0.2) is 29.8 Å². The Morgan fingerprint density at radius 3 is 2.64 bits per heavy atom. The Labute approximate surface area is 213 Å². The average molecular weight is 493 g/mol. The van der Waals surface area contributed by atoms with Gasteiger partial charge in [0.05, 0.1) is 16.9 Å². The van der Waals surface area contributed by atoms with Gasteiger partial charge in [0.15, 0.2) is 0 Å². The van der Waals surface area contributed by atoms with E-state index >= 15 is 0 Å². The first-order chi connectivity index (χ1) is 17.2. The largest absolute Gasteiger partial charge is 0.464 e. The number of nitro groups is 1. The lowest BCUT2D eigenvalue weighted by molar-refractivity contribution is -0.384. The first kappa shape index (κ1) is 25.7. The van der Waals surface area contributed by atoms with E-state index in [4.69, 9.17) is 9.47 Å². The summed E-state index contributed by atoms with van der Waals surface area (Å²) in [5.74, 6) is 0.427. The smallest absolute Gasteiger partial charge is 0.305 e. The molecule has 0 amide bonds. The number of rotatable bonds is 10. The highest BCUT2D eigenvalue weighted by Gasteiger charge is 2.58. The lowest BCUT2D eigenvalue weighted by atomic mass is 9.76. The maximum absolute atomic E-state index is 12.3. The molecule has 0 saturated heterocycles. The molecule has 4 rings (SSSR count). The average Bonchev–Trinajstić information content (AvgIpc) is 3.01. The number of hydrogen-bond donors (Lipinski definition) is 0. The molecule has 0 saturated carbocycles. The van der Waals surface area contributed by atoms with Gasteiger partial charge in [0.25, 0.3) is 5.69 Å². The fourth-order valence-corrected chi connectivity index (χ4v) is 5.34. The minimum atomic E-state index is -0.862. The molecular weight excluding hydrogens is 456 g/mol. The second-order valence-electron chi connectivity index (χ2n) is 10.3. The van der Waals surface area contributed by atoms with Gasteiger partial charge in [0, 0.05) is 29.8 Å². The van der Waals surface area contributed by atoms with Crippen molar-refractivity contribution in [3.63, 3.8) is 0 Å². The van der Waals surface area contributed by atoms with Gasteiger partial charge in [-0.2, -0.15) is 0 Å². The molecule has 2 aliphatic heterocycles. The van der Waals surface area contributed by atoms with Crippen LogP contribution < -0.4 is 9.64 Å². The van der Waals surface area contributed by atoms with Crippen LogP contribution in [0.25, 0.3) is 6.08 Å². The van der Waals surface area contributed by atoms with Crippen LogP contribution in [0.15, 0.2) is 42.5 Å².